The van der Waals surface area contributed by atoms with Crippen LogP contribution < -0.4 is 10.5 Å². The van der Waals surface area contributed by atoms with Gasteiger partial charge in [0.2, 0.25) is 0 Å². The number of ether oxygens (including phenoxy) is 1. The zero-order chi connectivity index (χ0) is 15.1. The average Bonchev–Trinajstić information content (AvgIpc) is 2.69. The van der Waals surface area contributed by atoms with Gasteiger partial charge in [-0.15, -0.1) is 0 Å². The van der Waals surface area contributed by atoms with Crippen LogP contribution in [0.4, 0.5) is 0 Å². The Labute approximate surface area is 133 Å². The number of benzene rings is 1. The van der Waals surface area contributed by atoms with E-state index in [-0.39, 0.29) is 0 Å². The first-order chi connectivity index (χ1) is 10.1. The predicted molar refractivity (Wildman–Crippen MR) is 91.9 cm³/mol. The summed E-state index contributed by atoms with van der Waals surface area (Å²) in [7, 11) is 0. The van der Waals surface area contributed by atoms with E-state index < -0.39 is 0 Å². The third-order valence-corrected chi connectivity index (χ3v) is 4.37. The van der Waals surface area contributed by atoms with Crippen LogP contribution in [0.1, 0.15) is 38.2 Å². The van der Waals surface area contributed by atoms with E-state index in [4.69, 9.17) is 22.7 Å². The Bertz CT molecular complexity index is 447. The van der Waals surface area contributed by atoms with Crippen LogP contribution in [0.25, 0.3) is 0 Å². The third-order valence-electron chi connectivity index (χ3n) is 4.14. The van der Waals surface area contributed by atoms with Crippen molar-refractivity contribution in [3.05, 3.63) is 29.8 Å². The standard InChI is InChI=1S/C17H26N2OS/c1-14-4-2-10-19(12-9-14)11-3-13-20-16-7-5-15(6-8-16)17(18)21/h5-8,14H,2-4,9-13H2,1H3,(H2,18,21). The molecule has 1 aromatic carbocycles. The van der Waals surface area contributed by atoms with E-state index in [1.165, 1.54) is 32.4 Å². The maximum atomic E-state index is 5.77. The van der Waals surface area contributed by atoms with Gasteiger partial charge in [-0.3, -0.25) is 0 Å². The summed E-state index contributed by atoms with van der Waals surface area (Å²) in [5.74, 6) is 1.78. The second-order valence-electron chi connectivity index (χ2n) is 5.97. The summed E-state index contributed by atoms with van der Waals surface area (Å²) in [5, 5.41) is 0. The van der Waals surface area contributed by atoms with Crippen molar-refractivity contribution in [1.29, 1.82) is 0 Å². The van der Waals surface area contributed by atoms with Crippen molar-refractivity contribution in [1.82, 2.24) is 4.90 Å². The first kappa shape index (κ1) is 16.2. The van der Waals surface area contributed by atoms with Crippen LogP contribution in [0.3, 0.4) is 0 Å². The van der Waals surface area contributed by atoms with E-state index in [0.29, 0.717) is 4.99 Å². The van der Waals surface area contributed by atoms with Crippen molar-refractivity contribution >= 4 is 17.2 Å². The highest BCUT2D eigenvalue weighted by Crippen LogP contribution is 2.17. The van der Waals surface area contributed by atoms with Gasteiger partial charge in [0.15, 0.2) is 0 Å². The molecule has 1 fully saturated rings. The fourth-order valence-corrected chi connectivity index (χ4v) is 2.88. The largest absolute Gasteiger partial charge is 0.494 e. The van der Waals surface area contributed by atoms with Gasteiger partial charge in [0.1, 0.15) is 10.7 Å². The maximum absolute atomic E-state index is 5.77. The molecule has 1 aliphatic rings. The molecule has 1 saturated heterocycles. The number of thiocarbonyl (C=S) groups is 1. The number of likely N-dealkylation sites (tertiary alicyclic amines) is 1. The van der Waals surface area contributed by atoms with E-state index >= 15 is 0 Å². The molecule has 0 saturated carbocycles. The van der Waals surface area contributed by atoms with E-state index in [1.54, 1.807) is 0 Å². The molecule has 0 amide bonds. The van der Waals surface area contributed by atoms with Gasteiger partial charge in [0, 0.05) is 12.1 Å². The highest BCUT2D eigenvalue weighted by atomic mass is 32.1. The van der Waals surface area contributed by atoms with Gasteiger partial charge in [0.05, 0.1) is 6.61 Å². The summed E-state index contributed by atoms with van der Waals surface area (Å²) >= 11 is 4.93. The number of hydrogen-bond acceptors (Lipinski definition) is 3. The van der Waals surface area contributed by atoms with Gasteiger partial charge in [0.25, 0.3) is 0 Å². The summed E-state index contributed by atoms with van der Waals surface area (Å²) in [6, 6.07) is 7.69. The van der Waals surface area contributed by atoms with Gasteiger partial charge in [-0.25, -0.2) is 0 Å². The summed E-state index contributed by atoms with van der Waals surface area (Å²) in [5.41, 5.74) is 6.46. The molecule has 1 heterocycles. The molecule has 4 heteroatoms. The Morgan fingerprint density at radius 3 is 2.76 bits per heavy atom. The molecular formula is C17H26N2OS. The van der Waals surface area contributed by atoms with Gasteiger partial charge in [-0.1, -0.05) is 19.1 Å². The zero-order valence-electron chi connectivity index (χ0n) is 12.9. The Hall–Kier alpha value is -1.13. The van der Waals surface area contributed by atoms with Crippen molar-refractivity contribution in [2.45, 2.75) is 32.6 Å². The Morgan fingerprint density at radius 2 is 2.05 bits per heavy atom. The first-order valence-electron chi connectivity index (χ1n) is 7.90. The zero-order valence-corrected chi connectivity index (χ0v) is 13.7. The first-order valence-corrected chi connectivity index (χ1v) is 8.31. The fraction of sp³-hybridized carbons (Fsp3) is 0.588. The number of rotatable bonds is 6. The van der Waals surface area contributed by atoms with E-state index in [1.807, 2.05) is 24.3 Å². The van der Waals surface area contributed by atoms with Crippen LogP contribution in [-0.2, 0) is 0 Å². The van der Waals surface area contributed by atoms with Crippen molar-refractivity contribution in [2.75, 3.05) is 26.2 Å². The molecule has 0 radical (unpaired) electrons. The molecule has 116 valence electrons. The minimum atomic E-state index is 0.428. The van der Waals surface area contributed by atoms with Crippen LogP contribution in [-0.4, -0.2) is 36.1 Å². The predicted octanol–water partition coefficient (Wildman–Crippen LogP) is 3.21. The smallest absolute Gasteiger partial charge is 0.119 e. The van der Waals surface area contributed by atoms with Crippen molar-refractivity contribution in [3.8, 4) is 5.75 Å². The molecule has 0 aromatic heterocycles. The molecule has 0 aliphatic carbocycles. The number of hydrogen-bond donors (Lipinski definition) is 1. The minimum Gasteiger partial charge on any atom is -0.494 e. The van der Waals surface area contributed by atoms with Gasteiger partial charge >= 0.3 is 0 Å². The average molecular weight is 306 g/mol. The summed E-state index contributed by atoms with van der Waals surface area (Å²) in [6.07, 6.45) is 5.12. The molecule has 0 spiro atoms. The summed E-state index contributed by atoms with van der Waals surface area (Å²) in [4.78, 5) is 3.00. The number of nitrogens with two attached hydrogens (primary N) is 1. The SMILES string of the molecule is CC1CCCN(CCCOc2ccc(C(N)=S)cc2)CC1. The summed E-state index contributed by atoms with van der Waals surface area (Å²) in [6.45, 7) is 6.75. The quantitative estimate of drug-likeness (QED) is 0.647. The molecule has 3 nitrogen and oxygen atoms in total. The van der Waals surface area contributed by atoms with E-state index in [9.17, 15) is 0 Å². The fourth-order valence-electron chi connectivity index (χ4n) is 2.74. The Kier molecular flexibility index (Phi) is 6.46. The van der Waals surface area contributed by atoms with Gasteiger partial charge < -0.3 is 15.4 Å². The second kappa shape index (κ2) is 8.35. The highest BCUT2D eigenvalue weighted by Gasteiger charge is 2.12. The number of nitrogens with zero attached hydrogens (tertiary/aromatic N) is 1. The monoisotopic (exact) mass is 306 g/mol. The molecule has 2 rings (SSSR count). The van der Waals surface area contributed by atoms with Crippen molar-refractivity contribution in [2.24, 2.45) is 11.7 Å². The lowest BCUT2D eigenvalue weighted by Gasteiger charge is -2.19. The van der Waals surface area contributed by atoms with E-state index in [2.05, 4.69) is 11.8 Å². The topological polar surface area (TPSA) is 38.5 Å². The van der Waals surface area contributed by atoms with Crippen LogP contribution in [0.15, 0.2) is 24.3 Å². The molecule has 1 aromatic rings. The van der Waals surface area contributed by atoms with Crippen molar-refractivity contribution < 1.29 is 4.74 Å². The maximum Gasteiger partial charge on any atom is 0.119 e. The molecule has 21 heavy (non-hydrogen) atoms. The minimum absolute atomic E-state index is 0.428. The highest BCUT2D eigenvalue weighted by molar-refractivity contribution is 7.80. The van der Waals surface area contributed by atoms with Crippen LogP contribution in [0.5, 0.6) is 5.75 Å². The lowest BCUT2D eigenvalue weighted by molar-refractivity contribution is 0.238. The van der Waals surface area contributed by atoms with E-state index in [0.717, 1.165) is 36.8 Å². The molecular weight excluding hydrogens is 280 g/mol. The lowest BCUT2D eigenvalue weighted by Crippen LogP contribution is -2.27. The van der Waals surface area contributed by atoms with Gasteiger partial charge in [-0.05, 0) is 69.0 Å². The Morgan fingerprint density at radius 1 is 1.29 bits per heavy atom. The second-order valence-corrected chi connectivity index (χ2v) is 6.41. The van der Waals surface area contributed by atoms with Gasteiger partial charge in [-0.2, -0.15) is 0 Å². The normalized spacial score (nSPS) is 20.0. The summed E-state index contributed by atoms with van der Waals surface area (Å²) < 4.78 is 5.77. The van der Waals surface area contributed by atoms with Crippen LogP contribution in [0, 0.1) is 5.92 Å². The molecule has 2 N–H and O–H groups in total. The third kappa shape index (κ3) is 5.64. The molecule has 1 unspecified atom stereocenters. The molecule has 1 aliphatic heterocycles. The molecule has 1 atom stereocenters. The Balaban J connectivity index is 1.66. The molecule has 0 bridgehead atoms. The lowest BCUT2D eigenvalue weighted by atomic mass is 10.0. The van der Waals surface area contributed by atoms with Crippen LogP contribution >= 0.6 is 12.2 Å². The van der Waals surface area contributed by atoms with Crippen molar-refractivity contribution in [3.63, 3.8) is 0 Å². The van der Waals surface area contributed by atoms with Crippen LogP contribution in [0.2, 0.25) is 0 Å².